The second-order valence-electron chi connectivity index (χ2n) is 7.78. The number of nitrogens with zero attached hydrogens (tertiary/aromatic N) is 3. The molecule has 1 aromatic carbocycles. The van der Waals surface area contributed by atoms with Gasteiger partial charge in [-0.25, -0.2) is 9.37 Å². The highest BCUT2D eigenvalue weighted by atomic mass is 79.9. The first-order chi connectivity index (χ1) is 14.5. The maximum absolute atomic E-state index is 13.6. The minimum absolute atomic E-state index is 0.0703. The van der Waals surface area contributed by atoms with Gasteiger partial charge in [0.05, 0.1) is 15.7 Å². The highest BCUT2D eigenvalue weighted by molar-refractivity contribution is 9.10. The molecular weight excluding hydrogens is 471 g/mol. The molecule has 1 fully saturated rings. The molecule has 6 nitrogen and oxygen atoms in total. The van der Waals surface area contributed by atoms with Gasteiger partial charge in [-0.1, -0.05) is 24.9 Å². The van der Waals surface area contributed by atoms with Crippen LogP contribution in [0.25, 0.3) is 5.65 Å². The summed E-state index contributed by atoms with van der Waals surface area (Å²) in [5, 5.41) is 11.6. The Labute approximate surface area is 188 Å². The van der Waals surface area contributed by atoms with Crippen molar-refractivity contribution >= 4 is 50.5 Å². The minimum atomic E-state index is -0.449. The van der Waals surface area contributed by atoms with Crippen molar-refractivity contribution in [1.29, 1.82) is 0 Å². The normalized spacial score (nSPS) is 19.2. The van der Waals surface area contributed by atoms with Gasteiger partial charge >= 0.3 is 0 Å². The summed E-state index contributed by atoms with van der Waals surface area (Å²) in [4.78, 5) is 4.89. The van der Waals surface area contributed by atoms with Crippen LogP contribution in [-0.2, 0) is 6.42 Å². The van der Waals surface area contributed by atoms with E-state index in [1.807, 2.05) is 0 Å². The Kier molecular flexibility index (Phi) is 6.46. The number of benzene rings is 1. The molecule has 1 aliphatic carbocycles. The Morgan fingerprint density at radius 3 is 2.77 bits per heavy atom. The molecular formula is C21H25BrClFN6. The summed E-state index contributed by atoms with van der Waals surface area (Å²) in [6, 6.07) is 5.22. The van der Waals surface area contributed by atoms with Crippen LogP contribution < -0.4 is 16.4 Å². The molecule has 160 valence electrons. The molecule has 0 atom stereocenters. The first-order valence-electron chi connectivity index (χ1n) is 10.3. The second-order valence-corrected chi connectivity index (χ2v) is 9.04. The van der Waals surface area contributed by atoms with E-state index in [1.54, 1.807) is 22.8 Å². The van der Waals surface area contributed by atoms with Gasteiger partial charge in [-0.15, -0.1) is 0 Å². The summed E-state index contributed by atoms with van der Waals surface area (Å²) in [5.74, 6) is 1.20. The van der Waals surface area contributed by atoms with Crippen molar-refractivity contribution in [3.05, 3.63) is 45.3 Å². The Balaban J connectivity index is 1.77. The van der Waals surface area contributed by atoms with Crippen LogP contribution in [0.15, 0.2) is 28.9 Å². The fourth-order valence-electron chi connectivity index (χ4n) is 3.90. The standard InChI is InChI=1S/C21H25BrClFN6/c1-2-3-15-19(27-13-6-4-12(25)5-7-13)29-21-16(22)11-26-30(21)20(15)28-14-8-9-18(24)17(23)10-14/h8-13,28H,2-7,25H2,1H3,(H,27,29). The monoisotopic (exact) mass is 494 g/mol. The largest absolute Gasteiger partial charge is 0.367 e. The molecule has 30 heavy (non-hydrogen) atoms. The van der Waals surface area contributed by atoms with Crippen LogP contribution in [0.4, 0.5) is 21.7 Å². The summed E-state index contributed by atoms with van der Waals surface area (Å²) in [7, 11) is 0. The van der Waals surface area contributed by atoms with Gasteiger partial charge in [-0.2, -0.15) is 9.61 Å². The van der Waals surface area contributed by atoms with Crippen molar-refractivity contribution in [1.82, 2.24) is 14.6 Å². The topological polar surface area (TPSA) is 80.3 Å². The molecule has 2 heterocycles. The van der Waals surface area contributed by atoms with E-state index in [0.717, 1.165) is 60.2 Å². The average molecular weight is 496 g/mol. The van der Waals surface area contributed by atoms with Crippen molar-refractivity contribution in [2.75, 3.05) is 10.6 Å². The van der Waals surface area contributed by atoms with E-state index in [9.17, 15) is 4.39 Å². The fraction of sp³-hybridized carbons (Fsp3) is 0.429. The lowest BCUT2D eigenvalue weighted by Crippen LogP contribution is -2.33. The summed E-state index contributed by atoms with van der Waals surface area (Å²) in [6.45, 7) is 2.13. The zero-order chi connectivity index (χ0) is 21.3. The third-order valence-corrected chi connectivity index (χ3v) is 6.35. The SMILES string of the molecule is CCCc1c(NC2CCC(N)CC2)nc2c(Br)cnn2c1Nc1ccc(F)c(Cl)c1. The zero-order valence-corrected chi connectivity index (χ0v) is 19.1. The first kappa shape index (κ1) is 21.3. The van der Waals surface area contributed by atoms with E-state index >= 15 is 0 Å². The Morgan fingerprint density at radius 2 is 2.07 bits per heavy atom. The van der Waals surface area contributed by atoms with Crippen molar-refractivity contribution in [2.24, 2.45) is 5.73 Å². The molecule has 0 bridgehead atoms. The predicted octanol–water partition coefficient (Wildman–Crippen LogP) is 5.66. The lowest BCUT2D eigenvalue weighted by atomic mass is 9.91. The van der Waals surface area contributed by atoms with Gasteiger partial charge < -0.3 is 16.4 Å². The van der Waals surface area contributed by atoms with Crippen LogP contribution in [-0.4, -0.2) is 26.7 Å². The van der Waals surface area contributed by atoms with Crippen LogP contribution in [0.2, 0.25) is 5.02 Å². The van der Waals surface area contributed by atoms with Crippen LogP contribution in [0.1, 0.15) is 44.6 Å². The molecule has 0 unspecified atom stereocenters. The van der Waals surface area contributed by atoms with Gasteiger partial charge in [-0.3, -0.25) is 0 Å². The van der Waals surface area contributed by atoms with Crippen LogP contribution in [0.5, 0.6) is 0 Å². The van der Waals surface area contributed by atoms with E-state index in [4.69, 9.17) is 22.3 Å². The van der Waals surface area contributed by atoms with Crippen LogP contribution in [0.3, 0.4) is 0 Å². The van der Waals surface area contributed by atoms with Crippen molar-refractivity contribution < 1.29 is 4.39 Å². The van der Waals surface area contributed by atoms with E-state index in [0.29, 0.717) is 17.4 Å². The molecule has 0 spiro atoms. The van der Waals surface area contributed by atoms with Crippen molar-refractivity contribution in [3.63, 3.8) is 0 Å². The average Bonchev–Trinajstić information content (AvgIpc) is 3.09. The van der Waals surface area contributed by atoms with Crippen molar-refractivity contribution in [2.45, 2.75) is 57.5 Å². The molecule has 0 saturated heterocycles. The summed E-state index contributed by atoms with van der Waals surface area (Å²) < 4.78 is 16.2. The van der Waals surface area contributed by atoms with Gasteiger partial charge in [0.25, 0.3) is 0 Å². The van der Waals surface area contributed by atoms with Gasteiger partial charge in [0, 0.05) is 23.3 Å². The minimum Gasteiger partial charge on any atom is -0.367 e. The number of halogens is 3. The number of nitrogens with one attached hydrogen (secondary N) is 2. The van der Waals surface area contributed by atoms with E-state index in [-0.39, 0.29) is 11.1 Å². The number of hydrogen-bond acceptors (Lipinski definition) is 5. The third-order valence-electron chi connectivity index (χ3n) is 5.50. The quantitative estimate of drug-likeness (QED) is 0.411. The number of fused-ring (bicyclic) bond motifs is 1. The highest BCUT2D eigenvalue weighted by Crippen LogP contribution is 2.33. The van der Waals surface area contributed by atoms with Crippen LogP contribution in [0, 0.1) is 5.82 Å². The van der Waals surface area contributed by atoms with Gasteiger partial charge in [0.15, 0.2) is 5.65 Å². The van der Waals surface area contributed by atoms with E-state index in [2.05, 4.69) is 38.6 Å². The third kappa shape index (κ3) is 4.40. The van der Waals surface area contributed by atoms with E-state index < -0.39 is 5.82 Å². The molecule has 4 N–H and O–H groups in total. The van der Waals surface area contributed by atoms with E-state index in [1.165, 1.54) is 6.07 Å². The number of anilines is 3. The van der Waals surface area contributed by atoms with Crippen molar-refractivity contribution in [3.8, 4) is 0 Å². The molecule has 4 rings (SSSR count). The lowest BCUT2D eigenvalue weighted by molar-refractivity contribution is 0.410. The molecule has 1 saturated carbocycles. The second kappa shape index (κ2) is 9.08. The van der Waals surface area contributed by atoms with Gasteiger partial charge in [0.2, 0.25) is 0 Å². The fourth-order valence-corrected chi connectivity index (χ4v) is 4.43. The number of nitrogens with two attached hydrogens (primary N) is 1. The van der Waals surface area contributed by atoms with Crippen LogP contribution >= 0.6 is 27.5 Å². The molecule has 1 aliphatic rings. The Bertz CT molecular complexity index is 1050. The molecule has 0 amide bonds. The van der Waals surface area contributed by atoms with Gasteiger partial charge in [-0.05, 0) is 66.2 Å². The smallest absolute Gasteiger partial charge is 0.173 e. The maximum Gasteiger partial charge on any atom is 0.173 e. The summed E-state index contributed by atoms with van der Waals surface area (Å²) >= 11 is 9.55. The number of hydrogen-bond donors (Lipinski definition) is 3. The summed E-state index contributed by atoms with van der Waals surface area (Å²) in [6.07, 6.45) is 7.55. The maximum atomic E-state index is 13.6. The lowest BCUT2D eigenvalue weighted by Gasteiger charge is -2.28. The summed E-state index contributed by atoms with van der Waals surface area (Å²) in [5.41, 5.74) is 8.51. The number of aromatic nitrogens is 3. The first-order valence-corrected chi connectivity index (χ1v) is 11.4. The number of rotatable bonds is 6. The molecule has 9 heteroatoms. The molecule has 3 aromatic rings. The zero-order valence-electron chi connectivity index (χ0n) is 16.8. The Morgan fingerprint density at radius 1 is 1.30 bits per heavy atom. The molecule has 2 aromatic heterocycles. The molecule has 0 radical (unpaired) electrons. The predicted molar refractivity (Wildman–Crippen MR) is 123 cm³/mol. The highest BCUT2D eigenvalue weighted by Gasteiger charge is 2.23. The Hall–Kier alpha value is -1.90. The van der Waals surface area contributed by atoms with Gasteiger partial charge in [0.1, 0.15) is 17.5 Å². The molecule has 0 aliphatic heterocycles.